The third-order valence-corrected chi connectivity index (χ3v) is 2.07. The number of hydrogen-bond donors (Lipinski definition) is 0. The molecule has 1 fully saturated rings. The maximum absolute atomic E-state index is 6.96. The van der Waals surface area contributed by atoms with Gasteiger partial charge in [0, 0.05) is 26.2 Å². The molecule has 0 radical (unpaired) electrons. The SMILES string of the molecule is [2H]C([2H])([2H])OC1CCN(C(C)C)C1. The summed E-state index contributed by atoms with van der Waals surface area (Å²) in [5, 5.41) is 0. The van der Waals surface area contributed by atoms with Crippen LogP contribution < -0.4 is 0 Å². The third kappa shape index (κ3) is 1.70. The Morgan fingerprint density at radius 2 is 2.50 bits per heavy atom. The molecule has 1 heterocycles. The van der Waals surface area contributed by atoms with Crippen molar-refractivity contribution in [3.63, 3.8) is 0 Å². The standard InChI is InChI=1S/C8H17NO/c1-7(2)9-5-4-8(6-9)10-3/h7-8H,4-6H2,1-3H3/i3D3. The zero-order valence-corrected chi connectivity index (χ0v) is 6.63. The largest absolute Gasteiger partial charge is 0.380 e. The van der Waals surface area contributed by atoms with Crippen LogP contribution in [-0.2, 0) is 4.74 Å². The highest BCUT2D eigenvalue weighted by Gasteiger charge is 2.23. The molecule has 1 aliphatic heterocycles. The van der Waals surface area contributed by atoms with E-state index in [9.17, 15) is 0 Å². The molecule has 1 rings (SSSR count). The smallest absolute Gasteiger partial charge is 0.0710 e. The molecule has 0 amide bonds. The average Bonchev–Trinajstić information content (AvgIpc) is 2.31. The van der Waals surface area contributed by atoms with E-state index in [1.807, 2.05) is 0 Å². The molecular weight excluding hydrogens is 126 g/mol. The fourth-order valence-electron chi connectivity index (χ4n) is 1.32. The van der Waals surface area contributed by atoms with Crippen molar-refractivity contribution in [2.75, 3.05) is 20.1 Å². The van der Waals surface area contributed by atoms with E-state index >= 15 is 0 Å². The van der Waals surface area contributed by atoms with Gasteiger partial charge >= 0.3 is 0 Å². The summed E-state index contributed by atoms with van der Waals surface area (Å²) in [6.45, 7) is 5.91. The molecule has 10 heavy (non-hydrogen) atoms. The molecule has 2 heteroatoms. The molecule has 1 aliphatic rings. The molecule has 60 valence electrons. The lowest BCUT2D eigenvalue weighted by Gasteiger charge is -2.19. The molecule has 0 aromatic rings. The Morgan fingerprint density at radius 3 is 3.00 bits per heavy atom. The van der Waals surface area contributed by atoms with Gasteiger partial charge in [0.25, 0.3) is 0 Å². The minimum atomic E-state index is -2.24. The number of hydrogen-bond acceptors (Lipinski definition) is 2. The van der Waals surface area contributed by atoms with Crippen molar-refractivity contribution in [2.45, 2.75) is 32.4 Å². The minimum Gasteiger partial charge on any atom is -0.380 e. The van der Waals surface area contributed by atoms with Crippen LogP contribution in [0.3, 0.4) is 0 Å². The second kappa shape index (κ2) is 3.35. The van der Waals surface area contributed by atoms with Crippen molar-refractivity contribution < 1.29 is 8.85 Å². The fraction of sp³-hybridized carbons (Fsp3) is 1.00. The number of ether oxygens (including phenoxy) is 1. The van der Waals surface area contributed by atoms with Gasteiger partial charge in [-0.1, -0.05) is 0 Å². The summed E-state index contributed by atoms with van der Waals surface area (Å²) in [6.07, 6.45) is 0.714. The molecule has 1 saturated heterocycles. The maximum atomic E-state index is 6.96. The Balaban J connectivity index is 2.33. The van der Waals surface area contributed by atoms with E-state index in [4.69, 9.17) is 8.85 Å². The van der Waals surface area contributed by atoms with Crippen molar-refractivity contribution in [2.24, 2.45) is 0 Å². The zero-order valence-electron chi connectivity index (χ0n) is 9.63. The van der Waals surface area contributed by atoms with Gasteiger partial charge in [0.2, 0.25) is 0 Å². The summed E-state index contributed by atoms with van der Waals surface area (Å²) in [4.78, 5) is 2.23. The van der Waals surface area contributed by atoms with Gasteiger partial charge in [0.15, 0.2) is 0 Å². The van der Waals surface area contributed by atoms with E-state index in [2.05, 4.69) is 18.7 Å². The van der Waals surface area contributed by atoms with Gasteiger partial charge in [-0.05, 0) is 20.3 Å². The van der Waals surface area contributed by atoms with Gasteiger partial charge < -0.3 is 4.74 Å². The van der Waals surface area contributed by atoms with Gasteiger partial charge in [-0.2, -0.15) is 0 Å². The topological polar surface area (TPSA) is 12.5 Å². The number of rotatable bonds is 2. The minimum absolute atomic E-state index is 0.116. The first-order valence-corrected chi connectivity index (χ1v) is 3.80. The van der Waals surface area contributed by atoms with Crippen LogP contribution in [0.25, 0.3) is 0 Å². The van der Waals surface area contributed by atoms with Gasteiger partial charge in [-0.25, -0.2) is 0 Å². The van der Waals surface area contributed by atoms with Crippen LogP contribution in [0.4, 0.5) is 0 Å². The molecule has 1 unspecified atom stereocenters. The Labute approximate surface area is 67.4 Å². The Morgan fingerprint density at radius 1 is 1.70 bits per heavy atom. The van der Waals surface area contributed by atoms with Crippen LogP contribution in [0.2, 0.25) is 0 Å². The molecule has 0 N–H and O–H groups in total. The van der Waals surface area contributed by atoms with Crippen LogP contribution in [0, 0.1) is 0 Å². The van der Waals surface area contributed by atoms with E-state index in [0.29, 0.717) is 6.04 Å². The molecule has 0 spiro atoms. The molecule has 0 aromatic heterocycles. The Bertz CT molecular complexity index is 169. The van der Waals surface area contributed by atoms with Crippen molar-refractivity contribution >= 4 is 0 Å². The summed E-state index contributed by atoms with van der Waals surface area (Å²) in [5.74, 6) is 0. The molecule has 0 bridgehead atoms. The van der Waals surface area contributed by atoms with E-state index in [1.165, 1.54) is 0 Å². The molecule has 0 aliphatic carbocycles. The molecular formula is C8H17NO. The second-order valence-electron chi connectivity index (χ2n) is 3.12. The predicted molar refractivity (Wildman–Crippen MR) is 42.1 cm³/mol. The number of likely N-dealkylation sites (tertiary alicyclic amines) is 1. The summed E-state index contributed by atoms with van der Waals surface area (Å²) in [7, 11) is -2.24. The molecule has 2 nitrogen and oxygen atoms in total. The van der Waals surface area contributed by atoms with Crippen LogP contribution in [0.15, 0.2) is 0 Å². The first-order valence-electron chi connectivity index (χ1n) is 5.30. The van der Waals surface area contributed by atoms with E-state index < -0.39 is 7.04 Å². The predicted octanol–water partition coefficient (Wildman–Crippen LogP) is 1.12. The summed E-state index contributed by atoms with van der Waals surface area (Å²) < 4.78 is 25.8. The van der Waals surface area contributed by atoms with Crippen LogP contribution in [0.1, 0.15) is 24.4 Å². The van der Waals surface area contributed by atoms with Crippen LogP contribution >= 0.6 is 0 Å². The highest BCUT2D eigenvalue weighted by atomic mass is 16.5. The Kier molecular flexibility index (Phi) is 1.58. The van der Waals surface area contributed by atoms with Crippen molar-refractivity contribution in [3.05, 3.63) is 0 Å². The van der Waals surface area contributed by atoms with Gasteiger partial charge in [-0.3, -0.25) is 4.90 Å². The van der Waals surface area contributed by atoms with Gasteiger partial charge in [-0.15, -0.1) is 0 Å². The first kappa shape index (κ1) is 4.73. The molecule has 0 saturated carbocycles. The van der Waals surface area contributed by atoms with E-state index in [0.717, 1.165) is 19.5 Å². The summed E-state index contributed by atoms with van der Waals surface area (Å²) in [6, 6.07) is 0.477. The first-order chi connectivity index (χ1) is 5.88. The highest BCUT2D eigenvalue weighted by molar-refractivity contribution is 4.77. The summed E-state index contributed by atoms with van der Waals surface area (Å²) in [5.41, 5.74) is 0. The highest BCUT2D eigenvalue weighted by Crippen LogP contribution is 2.13. The third-order valence-electron chi connectivity index (χ3n) is 2.07. The van der Waals surface area contributed by atoms with Crippen molar-refractivity contribution in [1.29, 1.82) is 0 Å². The van der Waals surface area contributed by atoms with Crippen molar-refractivity contribution in [3.8, 4) is 0 Å². The van der Waals surface area contributed by atoms with Gasteiger partial charge in [0.05, 0.1) is 10.2 Å². The maximum Gasteiger partial charge on any atom is 0.0710 e. The lowest BCUT2D eigenvalue weighted by Crippen LogP contribution is -2.29. The normalized spacial score (nSPS) is 33.9. The fourth-order valence-corrected chi connectivity index (χ4v) is 1.32. The van der Waals surface area contributed by atoms with Gasteiger partial charge in [0.1, 0.15) is 0 Å². The zero-order chi connectivity index (χ0) is 10.1. The molecule has 1 atom stereocenters. The van der Waals surface area contributed by atoms with Crippen LogP contribution in [0.5, 0.6) is 0 Å². The number of nitrogens with zero attached hydrogens (tertiary/aromatic N) is 1. The summed E-state index contributed by atoms with van der Waals surface area (Å²) >= 11 is 0. The van der Waals surface area contributed by atoms with Crippen LogP contribution in [-0.4, -0.2) is 37.2 Å². The van der Waals surface area contributed by atoms with E-state index in [-0.39, 0.29) is 6.10 Å². The Hall–Kier alpha value is -0.0800. The van der Waals surface area contributed by atoms with Crippen molar-refractivity contribution in [1.82, 2.24) is 4.90 Å². The second-order valence-corrected chi connectivity index (χ2v) is 3.12. The lowest BCUT2D eigenvalue weighted by molar-refractivity contribution is 0.104. The quantitative estimate of drug-likeness (QED) is 0.579. The average molecular weight is 146 g/mol. The number of methoxy groups -OCH3 is 1. The van der Waals surface area contributed by atoms with E-state index in [1.54, 1.807) is 0 Å². The monoisotopic (exact) mass is 146 g/mol. The lowest BCUT2D eigenvalue weighted by atomic mass is 10.3. The molecule has 0 aromatic carbocycles.